The lowest BCUT2D eigenvalue weighted by Gasteiger charge is -2.12. The molecule has 4 rings (SSSR count). The van der Waals surface area contributed by atoms with Crippen molar-refractivity contribution < 1.29 is 0 Å². The van der Waals surface area contributed by atoms with E-state index in [2.05, 4.69) is 72.2 Å². The van der Waals surface area contributed by atoms with Crippen molar-refractivity contribution in [3.63, 3.8) is 0 Å². The van der Waals surface area contributed by atoms with Gasteiger partial charge in [-0.25, -0.2) is 15.0 Å². The van der Waals surface area contributed by atoms with Crippen LogP contribution in [0.4, 0.5) is 0 Å². The molecule has 0 saturated heterocycles. The van der Waals surface area contributed by atoms with Gasteiger partial charge in [-0.1, -0.05) is 56.1 Å². The highest BCUT2D eigenvalue weighted by Gasteiger charge is 2.12. The fourth-order valence-electron chi connectivity index (χ4n) is 2.73. The zero-order valence-corrected chi connectivity index (χ0v) is 16.8. The molecule has 0 spiro atoms. The van der Waals surface area contributed by atoms with Crippen LogP contribution < -0.4 is 0 Å². The number of nitrogens with zero attached hydrogens (tertiary/aromatic N) is 3. The normalized spacial score (nSPS) is 10.7. The molecule has 0 atom stereocenters. The Kier molecular flexibility index (Phi) is 4.91. The Morgan fingerprint density at radius 2 is 1.27 bits per heavy atom. The topological polar surface area (TPSA) is 38.7 Å². The molecule has 2 aromatic carbocycles. The van der Waals surface area contributed by atoms with Crippen molar-refractivity contribution in [1.29, 1.82) is 0 Å². The SMILES string of the molecule is Brc1ccc(-c2ccc(-c3ccncn3)nc2-c2ccc(Br)cc2)cc1. The Hall–Kier alpha value is -2.37. The maximum Gasteiger partial charge on any atom is 0.116 e. The summed E-state index contributed by atoms with van der Waals surface area (Å²) < 4.78 is 2.09. The van der Waals surface area contributed by atoms with Crippen LogP contribution in [0.1, 0.15) is 0 Å². The number of pyridine rings is 1. The van der Waals surface area contributed by atoms with Crippen LogP contribution in [0.3, 0.4) is 0 Å². The van der Waals surface area contributed by atoms with E-state index in [4.69, 9.17) is 4.98 Å². The van der Waals surface area contributed by atoms with Gasteiger partial charge >= 0.3 is 0 Å². The second kappa shape index (κ2) is 7.48. The summed E-state index contributed by atoms with van der Waals surface area (Å²) in [4.78, 5) is 13.2. The van der Waals surface area contributed by atoms with E-state index in [1.807, 2.05) is 36.4 Å². The van der Waals surface area contributed by atoms with Crippen molar-refractivity contribution in [1.82, 2.24) is 15.0 Å². The van der Waals surface area contributed by atoms with E-state index in [0.29, 0.717) is 0 Å². The number of aromatic nitrogens is 3. The summed E-state index contributed by atoms with van der Waals surface area (Å²) >= 11 is 6.99. The maximum atomic E-state index is 4.92. The molecule has 3 nitrogen and oxygen atoms in total. The Bertz CT molecular complexity index is 1030. The van der Waals surface area contributed by atoms with E-state index < -0.39 is 0 Å². The van der Waals surface area contributed by atoms with Gasteiger partial charge in [-0.3, -0.25) is 0 Å². The number of halogens is 2. The minimum absolute atomic E-state index is 0.806. The lowest BCUT2D eigenvalue weighted by atomic mass is 9.98. The zero-order valence-electron chi connectivity index (χ0n) is 13.6. The molecule has 2 aromatic heterocycles. The molecule has 0 radical (unpaired) electrons. The Labute approximate surface area is 168 Å². The third kappa shape index (κ3) is 3.59. The number of hydrogen-bond donors (Lipinski definition) is 0. The van der Waals surface area contributed by atoms with Gasteiger partial charge in [-0.05, 0) is 48.0 Å². The highest BCUT2D eigenvalue weighted by Crippen LogP contribution is 2.33. The maximum absolute atomic E-state index is 4.92. The Balaban J connectivity index is 1.90. The summed E-state index contributed by atoms with van der Waals surface area (Å²) in [5.74, 6) is 0. The Morgan fingerprint density at radius 3 is 1.88 bits per heavy atom. The van der Waals surface area contributed by atoms with Crippen LogP contribution in [0.25, 0.3) is 33.8 Å². The predicted molar refractivity (Wildman–Crippen MR) is 112 cm³/mol. The first kappa shape index (κ1) is 17.1. The molecule has 126 valence electrons. The predicted octanol–water partition coefficient (Wildman–Crippen LogP) is 6.40. The molecule has 0 amide bonds. The van der Waals surface area contributed by atoms with Crippen LogP contribution in [0.2, 0.25) is 0 Å². The highest BCUT2D eigenvalue weighted by molar-refractivity contribution is 9.10. The first-order chi connectivity index (χ1) is 12.7. The average molecular weight is 467 g/mol. The second-order valence-corrected chi connectivity index (χ2v) is 7.53. The van der Waals surface area contributed by atoms with E-state index in [1.165, 1.54) is 0 Å². The standard InChI is InChI=1S/C21H13Br2N3/c22-16-5-1-14(2-6-16)18-9-10-20(19-11-12-24-13-25-19)26-21(18)15-3-7-17(23)8-4-15/h1-13H. The van der Waals surface area contributed by atoms with Crippen LogP contribution >= 0.6 is 31.9 Å². The van der Waals surface area contributed by atoms with Crippen molar-refractivity contribution in [2.45, 2.75) is 0 Å². The molecule has 0 N–H and O–H groups in total. The lowest BCUT2D eigenvalue weighted by molar-refractivity contribution is 1.15. The molecule has 0 bridgehead atoms. The fraction of sp³-hybridized carbons (Fsp3) is 0. The minimum atomic E-state index is 0.806. The molecular formula is C21H13Br2N3. The monoisotopic (exact) mass is 465 g/mol. The average Bonchev–Trinajstić information content (AvgIpc) is 2.70. The minimum Gasteiger partial charge on any atom is -0.245 e. The van der Waals surface area contributed by atoms with E-state index >= 15 is 0 Å². The molecule has 26 heavy (non-hydrogen) atoms. The Morgan fingerprint density at radius 1 is 0.615 bits per heavy atom. The summed E-state index contributed by atoms with van der Waals surface area (Å²) in [7, 11) is 0. The largest absolute Gasteiger partial charge is 0.245 e. The van der Waals surface area contributed by atoms with E-state index in [-0.39, 0.29) is 0 Å². The van der Waals surface area contributed by atoms with Gasteiger partial charge in [0, 0.05) is 26.3 Å². The third-order valence-electron chi connectivity index (χ3n) is 4.01. The third-order valence-corrected chi connectivity index (χ3v) is 5.07. The summed E-state index contributed by atoms with van der Waals surface area (Å²) in [5, 5.41) is 0. The van der Waals surface area contributed by atoms with Crippen molar-refractivity contribution in [2.24, 2.45) is 0 Å². The molecule has 0 unspecified atom stereocenters. The molecule has 0 aliphatic heterocycles. The summed E-state index contributed by atoms with van der Waals surface area (Å²) in [6.45, 7) is 0. The highest BCUT2D eigenvalue weighted by atomic mass is 79.9. The van der Waals surface area contributed by atoms with Crippen LogP contribution in [0, 0.1) is 0 Å². The van der Waals surface area contributed by atoms with Gasteiger partial charge < -0.3 is 0 Å². The van der Waals surface area contributed by atoms with E-state index in [9.17, 15) is 0 Å². The van der Waals surface area contributed by atoms with Gasteiger partial charge in [0.05, 0.1) is 17.1 Å². The van der Waals surface area contributed by atoms with Crippen LogP contribution in [0.5, 0.6) is 0 Å². The van der Waals surface area contributed by atoms with Gasteiger partial charge in [0.1, 0.15) is 6.33 Å². The van der Waals surface area contributed by atoms with E-state index in [0.717, 1.165) is 42.7 Å². The van der Waals surface area contributed by atoms with Crippen LogP contribution in [-0.2, 0) is 0 Å². The number of rotatable bonds is 3. The van der Waals surface area contributed by atoms with Gasteiger partial charge in [-0.15, -0.1) is 0 Å². The summed E-state index contributed by atoms with van der Waals surface area (Å²) in [5.41, 5.74) is 5.82. The van der Waals surface area contributed by atoms with Crippen molar-refractivity contribution in [3.8, 4) is 33.8 Å². The summed E-state index contributed by atoms with van der Waals surface area (Å²) in [6, 6.07) is 22.4. The lowest BCUT2D eigenvalue weighted by Crippen LogP contribution is -1.94. The van der Waals surface area contributed by atoms with Crippen molar-refractivity contribution >= 4 is 31.9 Å². The first-order valence-electron chi connectivity index (χ1n) is 8.00. The molecule has 0 aliphatic rings. The molecule has 0 fully saturated rings. The fourth-order valence-corrected chi connectivity index (χ4v) is 3.26. The zero-order chi connectivity index (χ0) is 17.9. The van der Waals surface area contributed by atoms with Crippen molar-refractivity contribution in [3.05, 3.63) is 88.2 Å². The summed E-state index contributed by atoms with van der Waals surface area (Å²) in [6.07, 6.45) is 3.27. The van der Waals surface area contributed by atoms with Gasteiger partial charge in [-0.2, -0.15) is 0 Å². The van der Waals surface area contributed by atoms with Gasteiger partial charge in [0.2, 0.25) is 0 Å². The molecule has 4 aromatic rings. The second-order valence-electron chi connectivity index (χ2n) is 5.70. The van der Waals surface area contributed by atoms with E-state index in [1.54, 1.807) is 12.5 Å². The smallest absolute Gasteiger partial charge is 0.116 e. The quantitative estimate of drug-likeness (QED) is 0.350. The molecule has 0 aliphatic carbocycles. The number of benzene rings is 2. The molecular weight excluding hydrogens is 454 g/mol. The molecule has 0 saturated carbocycles. The molecule has 5 heteroatoms. The molecule has 2 heterocycles. The van der Waals surface area contributed by atoms with Crippen LogP contribution in [0.15, 0.2) is 88.2 Å². The first-order valence-corrected chi connectivity index (χ1v) is 9.58. The van der Waals surface area contributed by atoms with Gasteiger partial charge in [0.25, 0.3) is 0 Å². The van der Waals surface area contributed by atoms with Crippen molar-refractivity contribution in [2.75, 3.05) is 0 Å². The van der Waals surface area contributed by atoms with Crippen LogP contribution in [-0.4, -0.2) is 15.0 Å². The number of hydrogen-bond acceptors (Lipinski definition) is 3. The van der Waals surface area contributed by atoms with Gasteiger partial charge in [0.15, 0.2) is 0 Å².